The van der Waals surface area contributed by atoms with Gasteiger partial charge in [0.1, 0.15) is 0 Å². The molecule has 1 aromatic carbocycles. The van der Waals surface area contributed by atoms with Crippen LogP contribution in [-0.4, -0.2) is 43.7 Å². The summed E-state index contributed by atoms with van der Waals surface area (Å²) in [5, 5.41) is 14.3. The quantitative estimate of drug-likeness (QED) is 0.761. The molecule has 0 aliphatic heterocycles. The van der Waals surface area contributed by atoms with Crippen LogP contribution >= 0.6 is 11.6 Å². The number of hydrogen-bond donors (Lipinski definition) is 2. The van der Waals surface area contributed by atoms with Crippen LogP contribution in [0.3, 0.4) is 0 Å². The summed E-state index contributed by atoms with van der Waals surface area (Å²) < 4.78 is 0. The Morgan fingerprint density at radius 3 is 2.41 bits per heavy atom. The zero-order valence-corrected chi connectivity index (χ0v) is 11.5. The molecule has 0 spiro atoms. The predicted molar refractivity (Wildman–Crippen MR) is 72.4 cm³/mol. The van der Waals surface area contributed by atoms with E-state index in [-0.39, 0.29) is 0 Å². The highest BCUT2D eigenvalue weighted by Gasteiger charge is 2.22. The third kappa shape index (κ3) is 5.04. The van der Waals surface area contributed by atoms with Crippen molar-refractivity contribution in [2.45, 2.75) is 12.5 Å². The van der Waals surface area contributed by atoms with Crippen LogP contribution in [0.25, 0.3) is 0 Å². The minimum atomic E-state index is -0.864. The number of nitrogens with one attached hydrogen (secondary N) is 1. The van der Waals surface area contributed by atoms with Crippen molar-refractivity contribution < 1.29 is 5.11 Å². The number of likely N-dealkylation sites (N-methyl/N-ethyl adjacent to an activating group) is 1. The molecule has 0 fully saturated rings. The fraction of sp³-hybridized carbons (Fsp3) is 0.538. The summed E-state index contributed by atoms with van der Waals surface area (Å²) in [5.41, 5.74) is 0.0101. The van der Waals surface area contributed by atoms with E-state index in [2.05, 4.69) is 10.2 Å². The molecule has 0 saturated carbocycles. The van der Waals surface area contributed by atoms with Gasteiger partial charge in [-0.05, 0) is 38.7 Å². The van der Waals surface area contributed by atoms with Gasteiger partial charge in [-0.15, -0.1) is 0 Å². The largest absolute Gasteiger partial charge is 0.384 e. The van der Waals surface area contributed by atoms with E-state index in [1.165, 1.54) is 0 Å². The maximum Gasteiger partial charge on any atom is 0.0992 e. The molecule has 1 unspecified atom stereocenters. The summed E-state index contributed by atoms with van der Waals surface area (Å²) in [5.74, 6) is 0. The monoisotopic (exact) mass is 256 g/mol. The molecule has 0 bridgehead atoms. The molecule has 0 amide bonds. The van der Waals surface area contributed by atoms with Crippen LogP contribution in [0, 0.1) is 0 Å². The summed E-state index contributed by atoms with van der Waals surface area (Å²) in [6.07, 6.45) is 0. The summed E-state index contributed by atoms with van der Waals surface area (Å²) in [6.45, 7) is 4.15. The third-order valence-electron chi connectivity index (χ3n) is 2.67. The van der Waals surface area contributed by atoms with Gasteiger partial charge in [0.15, 0.2) is 0 Å². The Morgan fingerprint density at radius 1 is 1.29 bits per heavy atom. The van der Waals surface area contributed by atoms with Crippen LogP contribution in [0.5, 0.6) is 0 Å². The third-order valence-corrected chi connectivity index (χ3v) is 2.92. The standard InChI is InChI=1S/C13H21ClN2O/c1-13(17,10-15-8-9-16(2)3)11-4-6-12(14)7-5-11/h4-7,15,17H,8-10H2,1-3H3. The predicted octanol–water partition coefficient (Wildman–Crippen LogP) is 1.70. The zero-order chi connectivity index (χ0) is 12.9. The van der Waals surface area contributed by atoms with Crippen molar-refractivity contribution in [2.24, 2.45) is 0 Å². The van der Waals surface area contributed by atoms with Gasteiger partial charge < -0.3 is 15.3 Å². The molecule has 0 heterocycles. The number of nitrogens with zero attached hydrogens (tertiary/aromatic N) is 1. The minimum absolute atomic E-state index is 0.530. The van der Waals surface area contributed by atoms with Gasteiger partial charge in [-0.2, -0.15) is 0 Å². The number of benzene rings is 1. The summed E-state index contributed by atoms with van der Waals surface area (Å²) in [6, 6.07) is 7.31. The van der Waals surface area contributed by atoms with Gasteiger partial charge in [-0.3, -0.25) is 0 Å². The first-order valence-electron chi connectivity index (χ1n) is 5.76. The van der Waals surface area contributed by atoms with Crippen molar-refractivity contribution in [3.8, 4) is 0 Å². The van der Waals surface area contributed by atoms with Crippen molar-refractivity contribution in [1.29, 1.82) is 0 Å². The van der Waals surface area contributed by atoms with Gasteiger partial charge in [0.2, 0.25) is 0 Å². The van der Waals surface area contributed by atoms with Crippen molar-refractivity contribution in [3.63, 3.8) is 0 Å². The maximum atomic E-state index is 10.3. The summed E-state index contributed by atoms with van der Waals surface area (Å²) >= 11 is 5.82. The molecule has 17 heavy (non-hydrogen) atoms. The van der Waals surface area contributed by atoms with E-state index in [1.807, 2.05) is 26.2 Å². The number of rotatable bonds is 6. The van der Waals surface area contributed by atoms with Crippen LogP contribution in [0.15, 0.2) is 24.3 Å². The van der Waals surface area contributed by atoms with Crippen LogP contribution in [0.4, 0.5) is 0 Å². The van der Waals surface area contributed by atoms with Gasteiger partial charge in [-0.25, -0.2) is 0 Å². The Bertz CT molecular complexity index is 336. The lowest BCUT2D eigenvalue weighted by molar-refractivity contribution is 0.0568. The smallest absolute Gasteiger partial charge is 0.0992 e. The highest BCUT2D eigenvalue weighted by atomic mass is 35.5. The summed E-state index contributed by atoms with van der Waals surface area (Å²) in [7, 11) is 4.05. The molecule has 1 rings (SSSR count). The molecule has 0 aliphatic carbocycles. The van der Waals surface area contributed by atoms with Gasteiger partial charge >= 0.3 is 0 Å². The molecule has 2 N–H and O–H groups in total. The van der Waals surface area contributed by atoms with E-state index in [0.29, 0.717) is 11.6 Å². The molecule has 0 aromatic heterocycles. The highest BCUT2D eigenvalue weighted by Crippen LogP contribution is 2.21. The normalized spacial score (nSPS) is 14.9. The first kappa shape index (κ1) is 14.5. The molecule has 4 heteroatoms. The lowest BCUT2D eigenvalue weighted by Gasteiger charge is -2.25. The fourth-order valence-electron chi connectivity index (χ4n) is 1.55. The molecule has 1 aromatic rings. The molecule has 0 aliphatic rings. The second-order valence-corrected chi connectivity index (χ2v) is 5.20. The molecule has 0 radical (unpaired) electrons. The highest BCUT2D eigenvalue weighted by molar-refractivity contribution is 6.30. The van der Waals surface area contributed by atoms with Crippen LogP contribution in [-0.2, 0) is 5.60 Å². The lowest BCUT2D eigenvalue weighted by atomic mass is 9.96. The zero-order valence-electron chi connectivity index (χ0n) is 10.7. The minimum Gasteiger partial charge on any atom is -0.384 e. The van der Waals surface area contributed by atoms with Crippen LogP contribution in [0.1, 0.15) is 12.5 Å². The molecular formula is C13H21ClN2O. The Morgan fingerprint density at radius 2 is 1.88 bits per heavy atom. The fourth-order valence-corrected chi connectivity index (χ4v) is 1.67. The van der Waals surface area contributed by atoms with E-state index >= 15 is 0 Å². The SMILES string of the molecule is CN(C)CCNCC(C)(O)c1ccc(Cl)cc1. The van der Waals surface area contributed by atoms with E-state index < -0.39 is 5.60 Å². The van der Waals surface area contributed by atoms with Crippen molar-refractivity contribution in [2.75, 3.05) is 33.7 Å². The van der Waals surface area contributed by atoms with Gasteiger partial charge in [0, 0.05) is 24.7 Å². The molecule has 3 nitrogen and oxygen atoms in total. The Balaban J connectivity index is 2.47. The number of halogens is 1. The molecule has 1 atom stereocenters. The van der Waals surface area contributed by atoms with Gasteiger partial charge in [0.05, 0.1) is 5.60 Å². The first-order valence-corrected chi connectivity index (χ1v) is 6.13. The van der Waals surface area contributed by atoms with Crippen molar-refractivity contribution in [1.82, 2.24) is 10.2 Å². The van der Waals surface area contributed by atoms with Crippen LogP contribution < -0.4 is 5.32 Å². The van der Waals surface area contributed by atoms with Gasteiger partial charge in [0.25, 0.3) is 0 Å². The van der Waals surface area contributed by atoms with Crippen LogP contribution in [0.2, 0.25) is 5.02 Å². The van der Waals surface area contributed by atoms with Gasteiger partial charge in [-0.1, -0.05) is 23.7 Å². The average molecular weight is 257 g/mol. The van der Waals surface area contributed by atoms with E-state index in [9.17, 15) is 5.11 Å². The number of hydrogen-bond acceptors (Lipinski definition) is 3. The molecule has 0 saturated heterocycles. The Kier molecular flexibility index (Phi) is 5.40. The van der Waals surface area contributed by atoms with Crippen molar-refractivity contribution in [3.05, 3.63) is 34.9 Å². The van der Waals surface area contributed by atoms with Crippen molar-refractivity contribution >= 4 is 11.6 Å². The second kappa shape index (κ2) is 6.36. The summed E-state index contributed by atoms with van der Waals surface area (Å²) in [4.78, 5) is 2.10. The van der Waals surface area contributed by atoms with E-state index in [4.69, 9.17) is 11.6 Å². The maximum absolute atomic E-state index is 10.3. The first-order chi connectivity index (χ1) is 7.92. The topological polar surface area (TPSA) is 35.5 Å². The average Bonchev–Trinajstić information content (AvgIpc) is 2.25. The lowest BCUT2D eigenvalue weighted by Crippen LogP contribution is -2.38. The van der Waals surface area contributed by atoms with E-state index in [0.717, 1.165) is 18.7 Å². The Labute approximate surface area is 108 Å². The molecular weight excluding hydrogens is 236 g/mol. The number of aliphatic hydroxyl groups is 1. The van der Waals surface area contributed by atoms with E-state index in [1.54, 1.807) is 19.1 Å². The Hall–Kier alpha value is -0.610. The second-order valence-electron chi connectivity index (χ2n) is 4.76. The molecule has 96 valence electrons.